The lowest BCUT2D eigenvalue weighted by molar-refractivity contribution is 0.580. The summed E-state index contributed by atoms with van der Waals surface area (Å²) in [7, 11) is -3.82. The number of fused-ring (bicyclic) bond motifs is 1. The Balaban J connectivity index is 2.23. The molecule has 7 nitrogen and oxygen atoms in total. The SMILES string of the molecule is NS(=O)(=O)c1nn2c(Br)c(-c3ccco3)nc2s1. The predicted molar refractivity (Wildman–Crippen MR) is 67.6 cm³/mol. The molecule has 0 spiro atoms. The Morgan fingerprint density at radius 3 is 2.83 bits per heavy atom. The molecule has 3 aromatic rings. The van der Waals surface area contributed by atoms with Crippen molar-refractivity contribution in [3.8, 4) is 11.5 Å². The monoisotopic (exact) mass is 348 g/mol. The summed E-state index contributed by atoms with van der Waals surface area (Å²) in [6, 6.07) is 3.48. The van der Waals surface area contributed by atoms with E-state index in [1.165, 1.54) is 10.8 Å². The van der Waals surface area contributed by atoms with E-state index in [9.17, 15) is 8.42 Å². The van der Waals surface area contributed by atoms with Gasteiger partial charge in [-0.2, -0.15) is 4.52 Å². The van der Waals surface area contributed by atoms with Gasteiger partial charge >= 0.3 is 0 Å². The Kier molecular flexibility index (Phi) is 2.55. The van der Waals surface area contributed by atoms with Gasteiger partial charge in [0, 0.05) is 0 Å². The van der Waals surface area contributed by atoms with Gasteiger partial charge in [0.15, 0.2) is 5.76 Å². The molecule has 0 aliphatic rings. The van der Waals surface area contributed by atoms with Crippen molar-refractivity contribution in [2.75, 3.05) is 0 Å². The van der Waals surface area contributed by atoms with E-state index >= 15 is 0 Å². The molecule has 0 saturated heterocycles. The largest absolute Gasteiger partial charge is 0.463 e. The van der Waals surface area contributed by atoms with Crippen LogP contribution in [-0.4, -0.2) is 23.0 Å². The third-order valence-electron chi connectivity index (χ3n) is 2.13. The van der Waals surface area contributed by atoms with Crippen molar-refractivity contribution in [3.05, 3.63) is 23.0 Å². The van der Waals surface area contributed by atoms with Gasteiger partial charge in [0.2, 0.25) is 9.30 Å². The van der Waals surface area contributed by atoms with Gasteiger partial charge in [0.25, 0.3) is 10.0 Å². The number of imidazole rings is 1. The number of aromatic nitrogens is 3. The van der Waals surface area contributed by atoms with E-state index in [0.29, 0.717) is 21.0 Å². The summed E-state index contributed by atoms with van der Waals surface area (Å²) in [4.78, 5) is 4.66. The van der Waals surface area contributed by atoms with E-state index in [1.807, 2.05) is 0 Å². The summed E-state index contributed by atoms with van der Waals surface area (Å²) in [6.07, 6.45) is 1.53. The predicted octanol–water partition coefficient (Wildman–Crippen LogP) is 1.46. The maximum atomic E-state index is 11.2. The minimum Gasteiger partial charge on any atom is -0.463 e. The van der Waals surface area contributed by atoms with Gasteiger partial charge in [-0.05, 0) is 28.1 Å². The number of furan rings is 1. The molecule has 2 N–H and O–H groups in total. The minimum absolute atomic E-state index is 0.184. The van der Waals surface area contributed by atoms with E-state index in [0.717, 1.165) is 11.3 Å². The fraction of sp³-hybridized carbons (Fsp3) is 0. The topological polar surface area (TPSA) is 103 Å². The Morgan fingerprint density at radius 1 is 1.50 bits per heavy atom. The highest BCUT2D eigenvalue weighted by molar-refractivity contribution is 9.10. The summed E-state index contributed by atoms with van der Waals surface area (Å²) >= 11 is 4.19. The molecule has 0 bridgehead atoms. The number of sulfonamides is 1. The van der Waals surface area contributed by atoms with Crippen LogP contribution in [0.2, 0.25) is 0 Å². The van der Waals surface area contributed by atoms with Crippen molar-refractivity contribution in [2.24, 2.45) is 5.14 Å². The molecule has 0 amide bonds. The van der Waals surface area contributed by atoms with E-state index in [-0.39, 0.29) is 4.34 Å². The van der Waals surface area contributed by atoms with Crippen molar-refractivity contribution in [1.29, 1.82) is 0 Å². The van der Waals surface area contributed by atoms with E-state index < -0.39 is 10.0 Å². The Morgan fingerprint density at radius 2 is 2.28 bits per heavy atom. The zero-order chi connectivity index (χ0) is 12.9. The number of hydrogen-bond donors (Lipinski definition) is 1. The molecule has 0 unspecified atom stereocenters. The third kappa shape index (κ3) is 1.77. The summed E-state index contributed by atoms with van der Waals surface area (Å²) in [6.45, 7) is 0. The van der Waals surface area contributed by atoms with Crippen LogP contribution in [0.1, 0.15) is 0 Å². The van der Waals surface area contributed by atoms with Gasteiger partial charge in [0.1, 0.15) is 10.3 Å². The maximum Gasteiger partial charge on any atom is 0.267 e. The lowest BCUT2D eigenvalue weighted by Crippen LogP contribution is -2.12. The first-order valence-electron chi connectivity index (χ1n) is 4.58. The van der Waals surface area contributed by atoms with Crippen LogP contribution >= 0.6 is 27.3 Å². The Labute approximate surface area is 113 Å². The highest BCUT2D eigenvalue weighted by atomic mass is 79.9. The van der Waals surface area contributed by atoms with Gasteiger partial charge in [-0.3, -0.25) is 0 Å². The normalized spacial score (nSPS) is 12.3. The van der Waals surface area contributed by atoms with Crippen molar-refractivity contribution in [1.82, 2.24) is 14.6 Å². The first-order valence-corrected chi connectivity index (χ1v) is 7.74. The van der Waals surface area contributed by atoms with Crippen molar-refractivity contribution >= 4 is 42.3 Å². The lowest BCUT2D eigenvalue weighted by atomic mass is 10.4. The molecule has 3 heterocycles. The van der Waals surface area contributed by atoms with Crippen molar-refractivity contribution < 1.29 is 12.8 Å². The number of nitrogens with two attached hydrogens (primary N) is 1. The quantitative estimate of drug-likeness (QED) is 0.754. The third-order valence-corrected chi connectivity index (χ3v) is 5.06. The molecule has 0 aliphatic carbocycles. The maximum absolute atomic E-state index is 11.2. The summed E-state index contributed by atoms with van der Waals surface area (Å²) in [5, 5.41) is 8.89. The molecule has 0 fully saturated rings. The van der Waals surface area contributed by atoms with Gasteiger partial charge in [-0.25, -0.2) is 18.5 Å². The molecule has 94 valence electrons. The molecule has 3 aromatic heterocycles. The molecular formula is C8H5BrN4O3S2. The van der Waals surface area contributed by atoms with Crippen LogP contribution in [0.3, 0.4) is 0 Å². The highest BCUT2D eigenvalue weighted by Gasteiger charge is 2.21. The van der Waals surface area contributed by atoms with E-state index in [4.69, 9.17) is 9.56 Å². The number of halogens is 1. The number of nitrogens with zero attached hydrogens (tertiary/aromatic N) is 3. The molecule has 10 heteroatoms. The van der Waals surface area contributed by atoms with E-state index in [1.54, 1.807) is 12.1 Å². The summed E-state index contributed by atoms with van der Waals surface area (Å²) < 4.78 is 29.3. The van der Waals surface area contributed by atoms with Crippen LogP contribution in [0, 0.1) is 0 Å². The smallest absolute Gasteiger partial charge is 0.267 e. The first-order chi connectivity index (χ1) is 8.47. The Bertz CT molecular complexity index is 818. The Hall–Kier alpha value is -1.23. The lowest BCUT2D eigenvalue weighted by Gasteiger charge is -1.91. The highest BCUT2D eigenvalue weighted by Crippen LogP contribution is 2.31. The van der Waals surface area contributed by atoms with Gasteiger partial charge in [0.05, 0.1) is 6.26 Å². The van der Waals surface area contributed by atoms with Crippen LogP contribution in [0.15, 0.2) is 31.8 Å². The number of primary sulfonamides is 1. The van der Waals surface area contributed by atoms with Gasteiger partial charge in [-0.1, -0.05) is 11.3 Å². The van der Waals surface area contributed by atoms with Crippen LogP contribution in [0.5, 0.6) is 0 Å². The summed E-state index contributed by atoms with van der Waals surface area (Å²) in [5.74, 6) is 0.566. The van der Waals surface area contributed by atoms with Crippen LogP contribution in [0.25, 0.3) is 16.4 Å². The fourth-order valence-electron chi connectivity index (χ4n) is 1.39. The van der Waals surface area contributed by atoms with Crippen LogP contribution in [-0.2, 0) is 10.0 Å². The van der Waals surface area contributed by atoms with Crippen LogP contribution < -0.4 is 5.14 Å². The second-order valence-corrected chi connectivity index (χ2v) is 6.78. The second kappa shape index (κ2) is 3.88. The summed E-state index contributed by atoms with van der Waals surface area (Å²) in [5.41, 5.74) is 0.555. The van der Waals surface area contributed by atoms with Crippen molar-refractivity contribution in [2.45, 2.75) is 4.34 Å². The molecular weight excluding hydrogens is 344 g/mol. The minimum atomic E-state index is -3.82. The molecule has 0 aromatic carbocycles. The molecule has 0 radical (unpaired) electrons. The van der Waals surface area contributed by atoms with Gasteiger partial charge in [-0.15, -0.1) is 5.10 Å². The zero-order valence-electron chi connectivity index (χ0n) is 8.57. The number of hydrogen-bond acceptors (Lipinski definition) is 6. The molecule has 0 aliphatic heterocycles. The van der Waals surface area contributed by atoms with E-state index in [2.05, 4.69) is 26.0 Å². The number of rotatable bonds is 2. The standard InChI is InChI=1S/C8H5BrN4O3S2/c9-6-5(4-2-1-3-16-4)11-7-13(6)12-8(17-7)18(10,14)15/h1-3H,(H2,10,14,15). The molecule has 0 atom stereocenters. The first kappa shape index (κ1) is 11.8. The second-order valence-electron chi connectivity index (χ2n) is 3.34. The zero-order valence-corrected chi connectivity index (χ0v) is 11.8. The fourth-order valence-corrected chi connectivity index (χ4v) is 3.56. The molecule has 18 heavy (non-hydrogen) atoms. The van der Waals surface area contributed by atoms with Crippen molar-refractivity contribution in [3.63, 3.8) is 0 Å². The molecule has 3 rings (SSSR count). The van der Waals surface area contributed by atoms with Crippen LogP contribution in [0.4, 0.5) is 0 Å². The van der Waals surface area contributed by atoms with Gasteiger partial charge < -0.3 is 4.42 Å². The average Bonchev–Trinajstić information content (AvgIpc) is 2.94. The average molecular weight is 349 g/mol. The molecule has 0 saturated carbocycles.